The fraction of sp³-hybridized carbons (Fsp3) is 0.875. The third kappa shape index (κ3) is 3.25. The molecular formula is C16H30N2O2. The Bertz CT molecular complexity index is 324. The standard InChI is InChI=1S/C16H30N2O2/c1-3-6-16(11-17)12-18(2)10-13-4-5-14(9-15(13)16)20-8-7-19/h3,13-15,19H,1,4-12,17H2,2H3/t13-,14?,15-,16+/m1/s1. The molecule has 0 aromatic carbocycles. The second-order valence-electron chi connectivity index (χ2n) is 6.65. The summed E-state index contributed by atoms with van der Waals surface area (Å²) < 4.78 is 5.79. The van der Waals surface area contributed by atoms with Gasteiger partial charge in [0.1, 0.15) is 0 Å². The molecule has 4 atom stereocenters. The van der Waals surface area contributed by atoms with Gasteiger partial charge < -0.3 is 20.5 Å². The maximum absolute atomic E-state index is 8.93. The smallest absolute Gasteiger partial charge is 0.0701 e. The normalized spacial score (nSPS) is 38.5. The van der Waals surface area contributed by atoms with E-state index in [1.54, 1.807) is 0 Å². The van der Waals surface area contributed by atoms with E-state index in [9.17, 15) is 0 Å². The first-order valence-electron chi connectivity index (χ1n) is 7.87. The summed E-state index contributed by atoms with van der Waals surface area (Å²) in [7, 11) is 2.21. The molecule has 1 aliphatic heterocycles. The third-order valence-electron chi connectivity index (χ3n) is 5.27. The monoisotopic (exact) mass is 282 g/mol. The lowest BCUT2D eigenvalue weighted by atomic mass is 9.59. The fourth-order valence-corrected chi connectivity index (χ4v) is 4.46. The summed E-state index contributed by atoms with van der Waals surface area (Å²) in [6.07, 6.45) is 6.72. The predicted molar refractivity (Wildman–Crippen MR) is 81.5 cm³/mol. The van der Waals surface area contributed by atoms with Gasteiger partial charge in [0.25, 0.3) is 0 Å². The average molecular weight is 282 g/mol. The van der Waals surface area contributed by atoms with Gasteiger partial charge in [-0.1, -0.05) is 6.08 Å². The summed E-state index contributed by atoms with van der Waals surface area (Å²) in [5.74, 6) is 1.35. The molecule has 0 spiro atoms. The van der Waals surface area contributed by atoms with E-state index in [1.807, 2.05) is 6.08 Å². The Balaban J connectivity index is 2.11. The number of aliphatic hydroxyl groups excluding tert-OH is 1. The molecule has 4 nitrogen and oxygen atoms in total. The van der Waals surface area contributed by atoms with Gasteiger partial charge in [0.15, 0.2) is 0 Å². The summed E-state index contributed by atoms with van der Waals surface area (Å²) in [4.78, 5) is 2.44. The minimum atomic E-state index is 0.113. The van der Waals surface area contributed by atoms with E-state index in [0.29, 0.717) is 18.6 Å². The van der Waals surface area contributed by atoms with Crippen LogP contribution in [0.5, 0.6) is 0 Å². The fourth-order valence-electron chi connectivity index (χ4n) is 4.46. The lowest BCUT2D eigenvalue weighted by Crippen LogP contribution is -2.57. The van der Waals surface area contributed by atoms with Gasteiger partial charge in [-0.25, -0.2) is 0 Å². The van der Waals surface area contributed by atoms with Crippen molar-refractivity contribution in [3.05, 3.63) is 12.7 Å². The van der Waals surface area contributed by atoms with Crippen LogP contribution in [-0.2, 0) is 4.74 Å². The molecule has 2 fully saturated rings. The largest absolute Gasteiger partial charge is 0.394 e. The van der Waals surface area contributed by atoms with Crippen molar-refractivity contribution in [1.29, 1.82) is 0 Å². The van der Waals surface area contributed by atoms with E-state index in [2.05, 4.69) is 18.5 Å². The minimum Gasteiger partial charge on any atom is -0.394 e. The van der Waals surface area contributed by atoms with E-state index in [1.165, 1.54) is 13.0 Å². The molecule has 20 heavy (non-hydrogen) atoms. The molecule has 0 amide bonds. The summed E-state index contributed by atoms with van der Waals surface area (Å²) in [6, 6.07) is 0. The second-order valence-corrected chi connectivity index (χ2v) is 6.65. The molecule has 2 rings (SSSR count). The number of piperidine rings is 1. The Morgan fingerprint density at radius 1 is 1.50 bits per heavy atom. The highest BCUT2D eigenvalue weighted by molar-refractivity contribution is 5.02. The number of hydrogen-bond donors (Lipinski definition) is 2. The van der Waals surface area contributed by atoms with Crippen LogP contribution in [0.25, 0.3) is 0 Å². The number of fused-ring (bicyclic) bond motifs is 1. The van der Waals surface area contributed by atoms with Gasteiger partial charge in [0.2, 0.25) is 0 Å². The molecule has 116 valence electrons. The number of allylic oxidation sites excluding steroid dienone is 1. The number of aliphatic hydroxyl groups is 1. The molecule has 1 saturated carbocycles. The van der Waals surface area contributed by atoms with Crippen LogP contribution in [0.2, 0.25) is 0 Å². The van der Waals surface area contributed by atoms with Crippen LogP contribution in [0.4, 0.5) is 0 Å². The SMILES string of the molecule is C=CC[C@]1(CN)CN(C)C[C@H]2CCC(OCCO)C[C@H]21. The molecule has 0 bridgehead atoms. The van der Waals surface area contributed by atoms with E-state index < -0.39 is 0 Å². The first-order valence-corrected chi connectivity index (χ1v) is 7.87. The maximum Gasteiger partial charge on any atom is 0.0701 e. The van der Waals surface area contributed by atoms with Crippen molar-refractivity contribution in [1.82, 2.24) is 4.90 Å². The highest BCUT2D eigenvalue weighted by Gasteiger charge is 2.48. The highest BCUT2D eigenvalue weighted by Crippen LogP contribution is 2.48. The van der Waals surface area contributed by atoms with Crippen molar-refractivity contribution in [2.24, 2.45) is 23.0 Å². The molecule has 1 unspecified atom stereocenters. The highest BCUT2D eigenvalue weighted by atomic mass is 16.5. The Morgan fingerprint density at radius 3 is 2.95 bits per heavy atom. The molecular weight excluding hydrogens is 252 g/mol. The zero-order chi connectivity index (χ0) is 14.6. The summed E-state index contributed by atoms with van der Waals surface area (Å²) in [5, 5.41) is 8.93. The average Bonchev–Trinajstić information content (AvgIpc) is 2.45. The molecule has 3 N–H and O–H groups in total. The van der Waals surface area contributed by atoms with Crippen LogP contribution in [0.15, 0.2) is 12.7 Å². The first-order chi connectivity index (χ1) is 9.65. The van der Waals surface area contributed by atoms with Crippen molar-refractivity contribution < 1.29 is 9.84 Å². The summed E-state index contributed by atoms with van der Waals surface area (Å²) >= 11 is 0. The zero-order valence-corrected chi connectivity index (χ0v) is 12.8. The third-order valence-corrected chi connectivity index (χ3v) is 5.27. The zero-order valence-electron chi connectivity index (χ0n) is 12.8. The number of ether oxygens (including phenoxy) is 1. The van der Waals surface area contributed by atoms with E-state index in [0.717, 1.165) is 38.3 Å². The van der Waals surface area contributed by atoms with Crippen molar-refractivity contribution >= 4 is 0 Å². The molecule has 0 radical (unpaired) electrons. The van der Waals surface area contributed by atoms with Crippen LogP contribution in [0.1, 0.15) is 25.7 Å². The minimum absolute atomic E-state index is 0.113. The van der Waals surface area contributed by atoms with Crippen LogP contribution in [-0.4, -0.2) is 56.0 Å². The van der Waals surface area contributed by atoms with Gasteiger partial charge in [0.05, 0.1) is 19.3 Å². The summed E-state index contributed by atoms with van der Waals surface area (Å²) in [6.45, 7) is 7.47. The number of nitrogens with two attached hydrogens (primary N) is 1. The molecule has 2 aliphatic rings. The van der Waals surface area contributed by atoms with Gasteiger partial charge >= 0.3 is 0 Å². The lowest BCUT2D eigenvalue weighted by Gasteiger charge is -2.54. The summed E-state index contributed by atoms with van der Waals surface area (Å²) in [5.41, 5.74) is 6.34. The van der Waals surface area contributed by atoms with Gasteiger partial charge in [-0.05, 0) is 51.1 Å². The van der Waals surface area contributed by atoms with Crippen molar-refractivity contribution in [3.63, 3.8) is 0 Å². The van der Waals surface area contributed by atoms with Crippen molar-refractivity contribution in [2.75, 3.05) is 39.9 Å². The predicted octanol–water partition coefficient (Wildman–Crippen LogP) is 1.25. The lowest BCUT2D eigenvalue weighted by molar-refractivity contribution is -0.0820. The first kappa shape index (κ1) is 16.0. The van der Waals surface area contributed by atoms with Crippen LogP contribution < -0.4 is 5.73 Å². The molecule has 1 heterocycles. The molecule has 1 saturated heterocycles. The maximum atomic E-state index is 8.93. The van der Waals surface area contributed by atoms with E-state index in [4.69, 9.17) is 15.6 Å². The van der Waals surface area contributed by atoms with Gasteiger partial charge in [-0.15, -0.1) is 6.58 Å². The molecule has 4 heteroatoms. The van der Waals surface area contributed by atoms with Crippen molar-refractivity contribution in [3.8, 4) is 0 Å². The van der Waals surface area contributed by atoms with E-state index >= 15 is 0 Å². The van der Waals surface area contributed by atoms with E-state index in [-0.39, 0.29) is 12.0 Å². The van der Waals surface area contributed by atoms with Crippen LogP contribution >= 0.6 is 0 Å². The quantitative estimate of drug-likeness (QED) is 0.720. The number of hydrogen-bond acceptors (Lipinski definition) is 4. The number of likely N-dealkylation sites (tertiary alicyclic amines) is 1. The van der Waals surface area contributed by atoms with Gasteiger partial charge in [-0.2, -0.15) is 0 Å². The molecule has 0 aromatic rings. The topological polar surface area (TPSA) is 58.7 Å². The Labute approximate surface area is 123 Å². The van der Waals surface area contributed by atoms with Crippen LogP contribution in [0, 0.1) is 17.3 Å². The number of nitrogens with zero attached hydrogens (tertiary/aromatic N) is 1. The van der Waals surface area contributed by atoms with Crippen molar-refractivity contribution in [2.45, 2.75) is 31.8 Å². The van der Waals surface area contributed by atoms with Crippen LogP contribution in [0.3, 0.4) is 0 Å². The molecule has 1 aliphatic carbocycles. The van der Waals surface area contributed by atoms with Gasteiger partial charge in [-0.3, -0.25) is 0 Å². The number of rotatable bonds is 6. The Morgan fingerprint density at radius 2 is 2.30 bits per heavy atom. The second kappa shape index (κ2) is 7.03. The van der Waals surface area contributed by atoms with Gasteiger partial charge in [0, 0.05) is 18.5 Å². The molecule has 0 aromatic heterocycles. The Kier molecular flexibility index (Phi) is 5.61. The Hall–Kier alpha value is -0.420.